The molecule has 0 aliphatic heterocycles. The van der Waals surface area contributed by atoms with Gasteiger partial charge >= 0.3 is 0 Å². The predicted octanol–water partition coefficient (Wildman–Crippen LogP) is 3.91. The molecule has 0 spiro atoms. The van der Waals surface area contributed by atoms with Crippen LogP contribution in [0.5, 0.6) is 0 Å². The third-order valence-electron chi connectivity index (χ3n) is 5.62. The van der Waals surface area contributed by atoms with Gasteiger partial charge in [0.15, 0.2) is 0 Å². The van der Waals surface area contributed by atoms with E-state index in [0.29, 0.717) is 16.7 Å². The van der Waals surface area contributed by atoms with Gasteiger partial charge in [-0.25, -0.2) is 0 Å². The number of benzene rings is 1. The van der Waals surface area contributed by atoms with Crippen molar-refractivity contribution >= 4 is 22.3 Å². The van der Waals surface area contributed by atoms with Crippen LogP contribution in [0.2, 0.25) is 0 Å². The van der Waals surface area contributed by atoms with Crippen LogP contribution < -0.4 is 11.1 Å². The van der Waals surface area contributed by atoms with Crippen molar-refractivity contribution in [2.75, 3.05) is 17.6 Å². The summed E-state index contributed by atoms with van der Waals surface area (Å²) >= 11 is 0. The van der Waals surface area contributed by atoms with Crippen LogP contribution in [0.1, 0.15) is 27.7 Å². The van der Waals surface area contributed by atoms with Crippen LogP contribution in [-0.2, 0) is 0 Å². The first-order valence-electron chi connectivity index (χ1n) is 7.23. The third kappa shape index (κ3) is 1.76. The number of anilines is 2. The molecule has 1 aliphatic carbocycles. The molecule has 3 heteroatoms. The zero-order chi connectivity index (χ0) is 14.5. The van der Waals surface area contributed by atoms with Gasteiger partial charge in [-0.15, -0.1) is 0 Å². The molecule has 1 heterocycles. The maximum atomic E-state index is 5.99. The maximum Gasteiger partial charge on any atom is 0.0951 e. The van der Waals surface area contributed by atoms with Crippen molar-refractivity contribution < 1.29 is 0 Å². The standard InChI is InChI=1S/C17H23N3/c1-16(2)14(17(16,3)4)10-20-13-8-7-12(18)15-11(13)6-5-9-19-15/h5-9,14,20H,10,18H2,1-4H3. The van der Waals surface area contributed by atoms with E-state index < -0.39 is 0 Å². The lowest BCUT2D eigenvalue weighted by atomic mass is 10.0. The molecule has 1 aliphatic rings. The van der Waals surface area contributed by atoms with E-state index in [2.05, 4.69) is 50.1 Å². The SMILES string of the molecule is CC1(C)C(CNc2ccc(N)c3ncccc23)C1(C)C. The van der Waals surface area contributed by atoms with Crippen molar-refractivity contribution in [1.29, 1.82) is 0 Å². The largest absolute Gasteiger partial charge is 0.397 e. The van der Waals surface area contributed by atoms with Gasteiger partial charge in [0, 0.05) is 23.8 Å². The van der Waals surface area contributed by atoms with Crippen LogP contribution in [0.25, 0.3) is 10.9 Å². The van der Waals surface area contributed by atoms with E-state index in [1.165, 1.54) is 0 Å². The topological polar surface area (TPSA) is 50.9 Å². The van der Waals surface area contributed by atoms with Gasteiger partial charge in [0.1, 0.15) is 0 Å². The van der Waals surface area contributed by atoms with Gasteiger partial charge < -0.3 is 11.1 Å². The molecule has 1 aromatic carbocycles. The third-order valence-corrected chi connectivity index (χ3v) is 5.62. The Kier molecular flexibility index (Phi) is 2.72. The summed E-state index contributed by atoms with van der Waals surface area (Å²) in [4.78, 5) is 4.38. The van der Waals surface area contributed by atoms with E-state index in [4.69, 9.17) is 5.73 Å². The monoisotopic (exact) mass is 269 g/mol. The lowest BCUT2D eigenvalue weighted by Gasteiger charge is -2.11. The van der Waals surface area contributed by atoms with Crippen LogP contribution >= 0.6 is 0 Å². The summed E-state index contributed by atoms with van der Waals surface area (Å²) in [6, 6.07) is 8.02. The quantitative estimate of drug-likeness (QED) is 0.831. The number of fused-ring (bicyclic) bond motifs is 1. The fourth-order valence-electron chi connectivity index (χ4n) is 3.40. The number of aromatic nitrogens is 1. The molecule has 1 fully saturated rings. The van der Waals surface area contributed by atoms with Crippen molar-refractivity contribution in [2.45, 2.75) is 27.7 Å². The van der Waals surface area contributed by atoms with Crippen LogP contribution in [0.3, 0.4) is 0 Å². The Morgan fingerprint density at radius 3 is 2.50 bits per heavy atom. The fraction of sp³-hybridized carbons (Fsp3) is 0.471. The van der Waals surface area contributed by atoms with Crippen LogP contribution in [-0.4, -0.2) is 11.5 Å². The lowest BCUT2D eigenvalue weighted by Crippen LogP contribution is -2.08. The number of pyridine rings is 1. The van der Waals surface area contributed by atoms with Gasteiger partial charge in [0.05, 0.1) is 11.2 Å². The molecule has 0 unspecified atom stereocenters. The van der Waals surface area contributed by atoms with Crippen molar-refractivity contribution in [2.24, 2.45) is 16.7 Å². The van der Waals surface area contributed by atoms with E-state index in [1.807, 2.05) is 12.1 Å². The number of hydrogen-bond donors (Lipinski definition) is 2. The lowest BCUT2D eigenvalue weighted by molar-refractivity contribution is 0.457. The first-order chi connectivity index (χ1) is 9.35. The van der Waals surface area contributed by atoms with Gasteiger partial charge in [-0.05, 0) is 41.0 Å². The summed E-state index contributed by atoms with van der Waals surface area (Å²) in [6.07, 6.45) is 1.79. The highest BCUT2D eigenvalue weighted by atomic mass is 14.9. The highest BCUT2D eigenvalue weighted by Gasteiger charge is 2.64. The van der Waals surface area contributed by atoms with Gasteiger partial charge in [0.25, 0.3) is 0 Å². The number of hydrogen-bond acceptors (Lipinski definition) is 3. The van der Waals surface area contributed by atoms with Crippen molar-refractivity contribution in [3.63, 3.8) is 0 Å². The minimum atomic E-state index is 0.405. The molecule has 0 bridgehead atoms. The van der Waals surface area contributed by atoms with Crippen molar-refractivity contribution in [3.8, 4) is 0 Å². The van der Waals surface area contributed by atoms with Gasteiger partial charge in [-0.2, -0.15) is 0 Å². The van der Waals surface area contributed by atoms with E-state index in [1.54, 1.807) is 6.20 Å². The molecule has 106 valence electrons. The highest BCUT2D eigenvalue weighted by molar-refractivity contribution is 5.98. The second kappa shape index (κ2) is 4.11. The number of nitrogens with two attached hydrogens (primary N) is 1. The normalized spacial score (nSPS) is 20.0. The van der Waals surface area contributed by atoms with Crippen LogP contribution in [0.4, 0.5) is 11.4 Å². The Labute approximate surface area is 120 Å². The Balaban J connectivity index is 1.85. The maximum absolute atomic E-state index is 5.99. The smallest absolute Gasteiger partial charge is 0.0951 e. The Bertz CT molecular complexity index is 644. The Morgan fingerprint density at radius 1 is 1.15 bits per heavy atom. The molecule has 2 aromatic rings. The summed E-state index contributed by atoms with van der Waals surface area (Å²) in [7, 11) is 0. The van der Waals surface area contributed by atoms with Crippen molar-refractivity contribution in [3.05, 3.63) is 30.5 Å². The minimum Gasteiger partial charge on any atom is -0.397 e. The van der Waals surface area contributed by atoms with E-state index in [9.17, 15) is 0 Å². The molecule has 3 nitrogen and oxygen atoms in total. The molecule has 1 saturated carbocycles. The molecule has 1 aromatic heterocycles. The first kappa shape index (κ1) is 13.2. The molecule has 0 amide bonds. The van der Waals surface area contributed by atoms with Crippen LogP contribution in [0.15, 0.2) is 30.5 Å². The average molecular weight is 269 g/mol. The number of nitrogen functional groups attached to an aromatic ring is 1. The van der Waals surface area contributed by atoms with E-state index in [-0.39, 0.29) is 0 Å². The molecular formula is C17H23N3. The summed E-state index contributed by atoms with van der Waals surface area (Å²) in [6.45, 7) is 10.4. The summed E-state index contributed by atoms with van der Waals surface area (Å²) < 4.78 is 0. The molecule has 0 saturated heterocycles. The molecular weight excluding hydrogens is 246 g/mol. The second-order valence-electron chi connectivity index (χ2n) is 6.98. The molecule has 0 atom stereocenters. The number of rotatable bonds is 3. The Morgan fingerprint density at radius 2 is 1.85 bits per heavy atom. The van der Waals surface area contributed by atoms with Gasteiger partial charge in [-0.3, -0.25) is 4.98 Å². The first-order valence-corrected chi connectivity index (χ1v) is 7.23. The van der Waals surface area contributed by atoms with Gasteiger partial charge in [-0.1, -0.05) is 27.7 Å². The summed E-state index contributed by atoms with van der Waals surface area (Å²) in [5.74, 6) is 0.694. The molecule has 3 N–H and O–H groups in total. The predicted molar refractivity (Wildman–Crippen MR) is 85.7 cm³/mol. The van der Waals surface area contributed by atoms with E-state index >= 15 is 0 Å². The fourth-order valence-corrected chi connectivity index (χ4v) is 3.40. The van der Waals surface area contributed by atoms with Crippen molar-refractivity contribution in [1.82, 2.24) is 4.98 Å². The minimum absolute atomic E-state index is 0.405. The zero-order valence-corrected chi connectivity index (χ0v) is 12.7. The molecule has 20 heavy (non-hydrogen) atoms. The Hall–Kier alpha value is -1.77. The number of nitrogens with zero attached hydrogens (tertiary/aromatic N) is 1. The molecule has 0 radical (unpaired) electrons. The van der Waals surface area contributed by atoms with Crippen LogP contribution in [0, 0.1) is 16.7 Å². The molecule has 3 rings (SSSR count). The second-order valence-corrected chi connectivity index (χ2v) is 6.98. The summed E-state index contributed by atoms with van der Waals surface area (Å²) in [5.41, 5.74) is 9.54. The highest BCUT2D eigenvalue weighted by Crippen LogP contribution is 2.68. The number of nitrogens with one attached hydrogen (secondary N) is 1. The zero-order valence-electron chi connectivity index (χ0n) is 12.7. The summed E-state index contributed by atoms with van der Waals surface area (Å²) in [5, 5.41) is 4.69. The average Bonchev–Trinajstić information content (AvgIpc) is 2.80. The van der Waals surface area contributed by atoms with Gasteiger partial charge in [0.2, 0.25) is 0 Å². The van der Waals surface area contributed by atoms with E-state index in [0.717, 1.165) is 28.8 Å².